The molecule has 0 aliphatic heterocycles. The third-order valence-corrected chi connectivity index (χ3v) is 3.97. The number of benzene rings is 1. The Kier molecular flexibility index (Phi) is 5.21. The molecule has 2 aromatic rings. The highest BCUT2D eigenvalue weighted by Gasteiger charge is 2.22. The van der Waals surface area contributed by atoms with Gasteiger partial charge in [0.05, 0.1) is 5.25 Å². The van der Waals surface area contributed by atoms with E-state index in [1.807, 2.05) is 44.2 Å². The van der Waals surface area contributed by atoms with Crippen LogP contribution in [0.2, 0.25) is 0 Å². The summed E-state index contributed by atoms with van der Waals surface area (Å²) in [4.78, 5) is 22.6. The molecule has 1 atom stereocenters. The Morgan fingerprint density at radius 2 is 1.82 bits per heavy atom. The van der Waals surface area contributed by atoms with E-state index in [1.165, 1.54) is 17.8 Å². The Balaban J connectivity index is 2.14. The highest BCUT2D eigenvalue weighted by Crippen LogP contribution is 2.25. The van der Waals surface area contributed by atoms with Gasteiger partial charge in [0, 0.05) is 18.3 Å². The predicted molar refractivity (Wildman–Crippen MR) is 90.6 cm³/mol. The first-order chi connectivity index (χ1) is 10.5. The van der Waals surface area contributed by atoms with Crippen LogP contribution in [0.1, 0.15) is 13.8 Å². The number of anilines is 3. The van der Waals surface area contributed by atoms with E-state index in [-0.39, 0.29) is 11.2 Å². The summed E-state index contributed by atoms with van der Waals surface area (Å²) >= 11 is 1.24. The van der Waals surface area contributed by atoms with Gasteiger partial charge in [-0.15, -0.1) is 0 Å². The molecular formula is C15H19N5OS. The van der Waals surface area contributed by atoms with Crippen molar-refractivity contribution in [2.75, 3.05) is 22.9 Å². The summed E-state index contributed by atoms with van der Waals surface area (Å²) in [6.07, 6.45) is 0. The van der Waals surface area contributed by atoms with Gasteiger partial charge in [0.1, 0.15) is 11.6 Å². The highest BCUT2D eigenvalue weighted by molar-refractivity contribution is 8.00. The second-order valence-electron chi connectivity index (χ2n) is 4.68. The van der Waals surface area contributed by atoms with Crippen LogP contribution in [0, 0.1) is 0 Å². The van der Waals surface area contributed by atoms with E-state index in [1.54, 1.807) is 4.90 Å². The number of nitrogen functional groups attached to an aromatic ring is 2. The van der Waals surface area contributed by atoms with Crippen molar-refractivity contribution in [2.24, 2.45) is 0 Å². The fraction of sp³-hybridized carbons (Fsp3) is 0.267. The van der Waals surface area contributed by atoms with E-state index in [0.29, 0.717) is 23.3 Å². The zero-order valence-electron chi connectivity index (χ0n) is 12.6. The fourth-order valence-corrected chi connectivity index (χ4v) is 2.88. The SMILES string of the molecule is CCN(C(=O)C(C)Sc1nc(N)cc(N)n1)c1ccccc1. The van der Waals surface area contributed by atoms with Crippen LogP contribution in [0.15, 0.2) is 41.6 Å². The molecule has 1 aromatic carbocycles. The second-order valence-corrected chi connectivity index (χ2v) is 5.99. The third-order valence-electron chi connectivity index (χ3n) is 3.03. The molecule has 0 bridgehead atoms. The summed E-state index contributed by atoms with van der Waals surface area (Å²) in [5.41, 5.74) is 12.2. The minimum atomic E-state index is -0.346. The molecular weight excluding hydrogens is 298 g/mol. The van der Waals surface area contributed by atoms with Crippen LogP contribution in [-0.4, -0.2) is 27.7 Å². The van der Waals surface area contributed by atoms with Gasteiger partial charge in [-0.2, -0.15) is 0 Å². The van der Waals surface area contributed by atoms with Gasteiger partial charge in [0.2, 0.25) is 5.91 Å². The zero-order chi connectivity index (χ0) is 16.1. The maximum absolute atomic E-state index is 12.6. The minimum absolute atomic E-state index is 0.0108. The molecule has 0 aliphatic carbocycles. The van der Waals surface area contributed by atoms with Crippen molar-refractivity contribution in [2.45, 2.75) is 24.3 Å². The predicted octanol–water partition coefficient (Wildman–Crippen LogP) is 2.17. The number of hydrogen-bond acceptors (Lipinski definition) is 6. The molecule has 0 radical (unpaired) electrons. The first-order valence-electron chi connectivity index (χ1n) is 6.94. The van der Waals surface area contributed by atoms with Crippen molar-refractivity contribution < 1.29 is 4.79 Å². The Labute approximate surface area is 133 Å². The van der Waals surface area contributed by atoms with Gasteiger partial charge in [-0.25, -0.2) is 9.97 Å². The molecule has 0 spiro atoms. The molecule has 2 rings (SSSR count). The van der Waals surface area contributed by atoms with Crippen molar-refractivity contribution in [3.05, 3.63) is 36.4 Å². The van der Waals surface area contributed by atoms with Crippen LogP contribution >= 0.6 is 11.8 Å². The zero-order valence-corrected chi connectivity index (χ0v) is 13.4. The number of nitrogens with zero attached hydrogens (tertiary/aromatic N) is 3. The molecule has 0 aliphatic rings. The van der Waals surface area contributed by atoms with Crippen LogP contribution in [0.25, 0.3) is 0 Å². The van der Waals surface area contributed by atoms with E-state index in [0.717, 1.165) is 5.69 Å². The Hall–Kier alpha value is -2.28. The molecule has 4 N–H and O–H groups in total. The highest BCUT2D eigenvalue weighted by atomic mass is 32.2. The van der Waals surface area contributed by atoms with Crippen LogP contribution in [0.5, 0.6) is 0 Å². The average molecular weight is 317 g/mol. The van der Waals surface area contributed by atoms with Crippen molar-refractivity contribution in [3.63, 3.8) is 0 Å². The van der Waals surface area contributed by atoms with Crippen LogP contribution < -0.4 is 16.4 Å². The summed E-state index contributed by atoms with van der Waals surface area (Å²) < 4.78 is 0. The van der Waals surface area contributed by atoms with E-state index >= 15 is 0 Å². The number of amides is 1. The largest absolute Gasteiger partial charge is 0.383 e. The monoisotopic (exact) mass is 317 g/mol. The molecule has 0 saturated carbocycles. The van der Waals surface area contributed by atoms with Gasteiger partial charge in [0.15, 0.2) is 5.16 Å². The minimum Gasteiger partial charge on any atom is -0.383 e. The lowest BCUT2D eigenvalue weighted by Crippen LogP contribution is -2.36. The molecule has 0 saturated heterocycles. The molecule has 0 fully saturated rings. The molecule has 6 nitrogen and oxygen atoms in total. The number of thioether (sulfide) groups is 1. The van der Waals surface area contributed by atoms with E-state index in [2.05, 4.69) is 9.97 Å². The lowest BCUT2D eigenvalue weighted by molar-refractivity contribution is -0.117. The molecule has 116 valence electrons. The molecule has 1 aromatic heterocycles. The number of hydrogen-bond donors (Lipinski definition) is 2. The molecule has 1 heterocycles. The lowest BCUT2D eigenvalue weighted by atomic mass is 10.2. The fourth-order valence-electron chi connectivity index (χ4n) is 2.02. The van der Waals surface area contributed by atoms with Gasteiger partial charge in [-0.3, -0.25) is 4.79 Å². The van der Waals surface area contributed by atoms with Crippen LogP contribution in [0.3, 0.4) is 0 Å². The van der Waals surface area contributed by atoms with Crippen molar-refractivity contribution in [3.8, 4) is 0 Å². The number of carbonyl (C=O) groups excluding carboxylic acids is 1. The van der Waals surface area contributed by atoms with Gasteiger partial charge < -0.3 is 16.4 Å². The first-order valence-corrected chi connectivity index (χ1v) is 7.82. The Morgan fingerprint density at radius 1 is 1.23 bits per heavy atom. The number of aromatic nitrogens is 2. The van der Waals surface area contributed by atoms with E-state index < -0.39 is 0 Å². The molecule has 1 unspecified atom stereocenters. The van der Waals surface area contributed by atoms with Gasteiger partial charge in [-0.1, -0.05) is 30.0 Å². The Morgan fingerprint density at radius 3 is 2.36 bits per heavy atom. The molecule has 1 amide bonds. The topological polar surface area (TPSA) is 98.1 Å². The summed E-state index contributed by atoms with van der Waals surface area (Å²) in [6, 6.07) is 11.0. The van der Waals surface area contributed by atoms with Crippen LogP contribution in [-0.2, 0) is 4.79 Å². The van der Waals surface area contributed by atoms with Crippen molar-refractivity contribution in [1.29, 1.82) is 0 Å². The standard InChI is InChI=1S/C15H19N5OS/c1-3-20(11-7-5-4-6-8-11)14(21)10(2)22-15-18-12(16)9-13(17)19-15/h4-10H,3H2,1-2H3,(H4,16,17,18,19). The molecule has 7 heteroatoms. The van der Waals surface area contributed by atoms with E-state index in [9.17, 15) is 4.79 Å². The number of rotatable bonds is 5. The number of nitrogens with two attached hydrogens (primary N) is 2. The lowest BCUT2D eigenvalue weighted by Gasteiger charge is -2.24. The number of carbonyl (C=O) groups is 1. The first kappa shape index (κ1) is 16.1. The van der Waals surface area contributed by atoms with Crippen molar-refractivity contribution in [1.82, 2.24) is 9.97 Å². The Bertz CT molecular complexity index is 629. The van der Waals surface area contributed by atoms with Gasteiger partial charge >= 0.3 is 0 Å². The van der Waals surface area contributed by atoms with Gasteiger partial charge in [-0.05, 0) is 26.0 Å². The second kappa shape index (κ2) is 7.13. The van der Waals surface area contributed by atoms with Crippen molar-refractivity contribution >= 4 is 35.0 Å². The molecule has 22 heavy (non-hydrogen) atoms. The maximum Gasteiger partial charge on any atom is 0.240 e. The maximum atomic E-state index is 12.6. The van der Waals surface area contributed by atoms with Gasteiger partial charge in [0.25, 0.3) is 0 Å². The third kappa shape index (κ3) is 3.88. The average Bonchev–Trinajstić information content (AvgIpc) is 2.47. The summed E-state index contributed by atoms with van der Waals surface area (Å²) in [6.45, 7) is 4.35. The normalized spacial score (nSPS) is 11.9. The van der Waals surface area contributed by atoms with Crippen LogP contribution in [0.4, 0.5) is 17.3 Å². The summed E-state index contributed by atoms with van der Waals surface area (Å²) in [5, 5.41) is 0.0591. The van der Waals surface area contributed by atoms with E-state index in [4.69, 9.17) is 11.5 Å². The summed E-state index contributed by atoms with van der Waals surface area (Å²) in [7, 11) is 0. The number of para-hydroxylation sites is 1. The quantitative estimate of drug-likeness (QED) is 0.648. The smallest absolute Gasteiger partial charge is 0.240 e. The summed E-state index contributed by atoms with van der Waals surface area (Å²) in [5.74, 6) is 0.582.